The van der Waals surface area contributed by atoms with Crippen LogP contribution in [0.2, 0.25) is 0 Å². The zero-order valence-corrected chi connectivity index (χ0v) is 16.6. The third-order valence-corrected chi connectivity index (χ3v) is 6.01. The van der Waals surface area contributed by atoms with Gasteiger partial charge in [0, 0.05) is 11.3 Å². The van der Waals surface area contributed by atoms with Gasteiger partial charge in [0.2, 0.25) is 0 Å². The second-order valence-electron chi connectivity index (χ2n) is 7.11. The van der Waals surface area contributed by atoms with Gasteiger partial charge in [0.05, 0.1) is 5.56 Å². The van der Waals surface area contributed by atoms with Gasteiger partial charge in [0.15, 0.2) is 6.61 Å². The molecule has 0 radical (unpaired) electrons. The van der Waals surface area contributed by atoms with E-state index in [1.54, 1.807) is 0 Å². The highest BCUT2D eigenvalue weighted by atomic mass is 32.1. The molecule has 1 aromatic carbocycles. The van der Waals surface area contributed by atoms with E-state index in [1.165, 1.54) is 11.3 Å². The summed E-state index contributed by atoms with van der Waals surface area (Å²) in [5.41, 5.74) is 7.93. The van der Waals surface area contributed by atoms with Crippen LogP contribution in [0, 0.1) is 5.92 Å². The number of nitrogens with two attached hydrogens (primary N) is 1. The highest BCUT2D eigenvalue weighted by molar-refractivity contribution is 7.17. The Bertz CT molecular complexity index is 876. The number of hydrogen-bond donors (Lipinski definition) is 2. The lowest BCUT2D eigenvalue weighted by atomic mass is 9.88. The van der Waals surface area contributed by atoms with Crippen molar-refractivity contribution in [3.63, 3.8) is 0 Å². The summed E-state index contributed by atoms with van der Waals surface area (Å²) in [6, 6.07) is 9.60. The molecule has 0 bridgehead atoms. The van der Waals surface area contributed by atoms with Gasteiger partial charge in [-0.3, -0.25) is 14.4 Å². The average Bonchev–Trinajstić information content (AvgIpc) is 3.02. The molecule has 0 spiro atoms. The van der Waals surface area contributed by atoms with Crippen molar-refractivity contribution in [1.29, 1.82) is 0 Å². The Hall–Kier alpha value is -2.67. The molecule has 0 saturated carbocycles. The van der Waals surface area contributed by atoms with Crippen LogP contribution in [-0.2, 0) is 33.6 Å². The van der Waals surface area contributed by atoms with Crippen molar-refractivity contribution in [2.45, 2.75) is 39.0 Å². The standard InChI is InChI=1S/C21H24N2O4S/c1-13-7-9-15-16(11-13)28-21(19(15)20(22)26)23-17(24)12-27-18(25)10-8-14-5-3-2-4-6-14/h2-6,13H,7-12H2,1H3,(H2,22,26)(H,23,24)/t13-/m1/s1. The van der Waals surface area contributed by atoms with E-state index in [2.05, 4.69) is 12.2 Å². The van der Waals surface area contributed by atoms with Crippen LogP contribution < -0.4 is 11.1 Å². The van der Waals surface area contributed by atoms with E-state index in [-0.39, 0.29) is 13.0 Å². The van der Waals surface area contributed by atoms with Crippen LogP contribution >= 0.6 is 11.3 Å². The van der Waals surface area contributed by atoms with E-state index in [1.807, 2.05) is 30.3 Å². The second-order valence-corrected chi connectivity index (χ2v) is 8.22. The number of anilines is 1. The van der Waals surface area contributed by atoms with Gasteiger partial charge >= 0.3 is 5.97 Å². The summed E-state index contributed by atoms with van der Waals surface area (Å²) in [6.07, 6.45) is 3.43. The smallest absolute Gasteiger partial charge is 0.306 e. The molecule has 28 heavy (non-hydrogen) atoms. The first-order valence-corrected chi connectivity index (χ1v) is 10.2. The molecule has 1 aliphatic carbocycles. The maximum Gasteiger partial charge on any atom is 0.306 e. The third-order valence-electron chi connectivity index (χ3n) is 4.84. The van der Waals surface area contributed by atoms with E-state index in [9.17, 15) is 14.4 Å². The maximum atomic E-state index is 12.2. The first kappa shape index (κ1) is 20.1. The highest BCUT2D eigenvalue weighted by Crippen LogP contribution is 2.39. The van der Waals surface area contributed by atoms with Crippen LogP contribution in [0.25, 0.3) is 0 Å². The fourth-order valence-electron chi connectivity index (χ4n) is 3.37. The van der Waals surface area contributed by atoms with E-state index >= 15 is 0 Å². The Morgan fingerprint density at radius 3 is 2.71 bits per heavy atom. The zero-order valence-electron chi connectivity index (χ0n) is 15.8. The van der Waals surface area contributed by atoms with E-state index in [0.29, 0.717) is 22.9 Å². The zero-order chi connectivity index (χ0) is 20.1. The number of aryl methyl sites for hydroxylation is 1. The Morgan fingerprint density at radius 2 is 2.00 bits per heavy atom. The normalized spacial score (nSPS) is 15.5. The molecule has 3 N–H and O–H groups in total. The number of carbonyl (C=O) groups excluding carboxylic acids is 3. The Morgan fingerprint density at radius 1 is 1.25 bits per heavy atom. The number of primary amides is 1. The van der Waals surface area contributed by atoms with E-state index in [0.717, 1.165) is 35.3 Å². The number of fused-ring (bicyclic) bond motifs is 1. The van der Waals surface area contributed by atoms with Crippen LogP contribution in [0.3, 0.4) is 0 Å². The Kier molecular flexibility index (Phi) is 6.46. The molecule has 6 nitrogen and oxygen atoms in total. The summed E-state index contributed by atoms with van der Waals surface area (Å²) in [4.78, 5) is 37.1. The van der Waals surface area contributed by atoms with Crippen molar-refractivity contribution in [3.05, 3.63) is 51.9 Å². The summed E-state index contributed by atoms with van der Waals surface area (Å²) in [6.45, 7) is 1.78. The Labute approximate surface area is 168 Å². The number of hydrogen-bond acceptors (Lipinski definition) is 5. The Balaban J connectivity index is 1.55. The molecule has 0 unspecified atom stereocenters. The van der Waals surface area contributed by atoms with Gasteiger partial charge in [-0.1, -0.05) is 37.3 Å². The number of thiophene rings is 1. The lowest BCUT2D eigenvalue weighted by Gasteiger charge is -2.18. The molecule has 0 fully saturated rings. The van der Waals surface area contributed by atoms with Crippen LogP contribution in [0.4, 0.5) is 5.00 Å². The maximum absolute atomic E-state index is 12.2. The van der Waals surface area contributed by atoms with Gasteiger partial charge in [-0.2, -0.15) is 0 Å². The number of carbonyl (C=O) groups is 3. The molecular formula is C21H24N2O4S. The minimum absolute atomic E-state index is 0.203. The van der Waals surface area contributed by atoms with Gasteiger partial charge in [0.1, 0.15) is 5.00 Å². The quantitative estimate of drug-likeness (QED) is 0.698. The summed E-state index contributed by atoms with van der Waals surface area (Å²) in [5.74, 6) is -0.904. The fraction of sp³-hybridized carbons (Fsp3) is 0.381. The lowest BCUT2D eigenvalue weighted by molar-refractivity contribution is -0.147. The van der Waals surface area contributed by atoms with Crippen molar-refractivity contribution < 1.29 is 19.1 Å². The summed E-state index contributed by atoms with van der Waals surface area (Å²) < 4.78 is 5.05. The summed E-state index contributed by atoms with van der Waals surface area (Å²) in [5, 5.41) is 3.15. The monoisotopic (exact) mass is 400 g/mol. The molecule has 1 aromatic heterocycles. The number of nitrogens with one attached hydrogen (secondary N) is 1. The van der Waals surface area contributed by atoms with E-state index in [4.69, 9.17) is 10.5 Å². The van der Waals surface area contributed by atoms with E-state index < -0.39 is 17.8 Å². The molecule has 1 atom stereocenters. The van der Waals surface area contributed by atoms with Crippen molar-refractivity contribution in [2.75, 3.05) is 11.9 Å². The van der Waals surface area contributed by atoms with Crippen LogP contribution in [0.1, 0.15) is 46.1 Å². The first-order chi connectivity index (χ1) is 13.4. The second kappa shape index (κ2) is 9.01. The van der Waals surface area contributed by atoms with Gasteiger partial charge in [-0.05, 0) is 42.7 Å². The van der Waals surface area contributed by atoms with Crippen LogP contribution in [0.15, 0.2) is 30.3 Å². The van der Waals surface area contributed by atoms with Crippen LogP contribution in [0.5, 0.6) is 0 Å². The molecule has 2 aromatic rings. The number of rotatable bonds is 7. The highest BCUT2D eigenvalue weighted by Gasteiger charge is 2.27. The molecular weight excluding hydrogens is 376 g/mol. The average molecular weight is 401 g/mol. The largest absolute Gasteiger partial charge is 0.456 e. The molecule has 1 aliphatic rings. The predicted octanol–water partition coefficient (Wildman–Crippen LogP) is 3.09. The SMILES string of the molecule is C[C@@H]1CCc2c(sc(NC(=O)COC(=O)CCc3ccccc3)c2C(N)=O)C1. The molecule has 1 heterocycles. The first-order valence-electron chi connectivity index (χ1n) is 9.37. The summed E-state index contributed by atoms with van der Waals surface area (Å²) >= 11 is 1.39. The van der Waals surface area contributed by atoms with Crippen LogP contribution in [-0.4, -0.2) is 24.4 Å². The molecule has 3 rings (SSSR count). The minimum Gasteiger partial charge on any atom is -0.456 e. The lowest BCUT2D eigenvalue weighted by Crippen LogP contribution is -2.23. The predicted molar refractivity (Wildman–Crippen MR) is 108 cm³/mol. The van der Waals surface area contributed by atoms with Crippen molar-refractivity contribution in [2.24, 2.45) is 11.7 Å². The molecule has 148 valence electrons. The topological polar surface area (TPSA) is 98.5 Å². The van der Waals surface area contributed by atoms with Gasteiger partial charge in [0.25, 0.3) is 11.8 Å². The van der Waals surface area contributed by atoms with Gasteiger partial charge in [-0.25, -0.2) is 0 Å². The van der Waals surface area contributed by atoms with Crippen molar-refractivity contribution in [3.8, 4) is 0 Å². The third kappa shape index (κ3) is 4.98. The van der Waals surface area contributed by atoms with Crippen molar-refractivity contribution in [1.82, 2.24) is 0 Å². The molecule has 0 saturated heterocycles. The number of ether oxygens (including phenoxy) is 1. The molecule has 2 amide bonds. The minimum atomic E-state index is -0.540. The van der Waals surface area contributed by atoms with Gasteiger partial charge in [-0.15, -0.1) is 11.3 Å². The number of benzene rings is 1. The van der Waals surface area contributed by atoms with Gasteiger partial charge < -0.3 is 15.8 Å². The molecule has 0 aliphatic heterocycles. The summed E-state index contributed by atoms with van der Waals surface area (Å²) in [7, 11) is 0. The number of esters is 1. The number of amides is 2. The van der Waals surface area contributed by atoms with Crippen molar-refractivity contribution >= 4 is 34.1 Å². The fourth-order valence-corrected chi connectivity index (χ4v) is 4.80. The molecule has 7 heteroatoms.